The molecule has 1 atom stereocenters. The van der Waals surface area contributed by atoms with Gasteiger partial charge in [0.1, 0.15) is 5.01 Å². The van der Waals surface area contributed by atoms with Crippen LogP contribution in [0, 0.1) is 0 Å². The number of thiazole rings is 1. The zero-order chi connectivity index (χ0) is 12.8. The minimum absolute atomic E-state index is 0.295. The third-order valence-electron chi connectivity index (χ3n) is 2.54. The van der Waals surface area contributed by atoms with Crippen molar-refractivity contribution in [3.05, 3.63) is 35.5 Å². The van der Waals surface area contributed by atoms with E-state index < -0.39 is 0 Å². The van der Waals surface area contributed by atoms with Crippen LogP contribution in [0.1, 0.15) is 19.0 Å². The van der Waals surface area contributed by atoms with Crippen LogP contribution in [0.5, 0.6) is 0 Å². The first-order valence-corrected chi connectivity index (χ1v) is 8.02. The van der Waals surface area contributed by atoms with E-state index in [1.807, 2.05) is 30.0 Å². The van der Waals surface area contributed by atoms with E-state index >= 15 is 0 Å². The molecule has 0 radical (unpaired) electrons. The van der Waals surface area contributed by atoms with Gasteiger partial charge < -0.3 is 5.73 Å². The fraction of sp³-hybridized carbons (Fsp3) is 0.385. The number of nitrogens with two attached hydrogens (primary N) is 1. The summed E-state index contributed by atoms with van der Waals surface area (Å²) in [5.41, 5.74) is 7.95. The Morgan fingerprint density at radius 1 is 1.44 bits per heavy atom. The van der Waals surface area contributed by atoms with Gasteiger partial charge in [0.25, 0.3) is 0 Å². The molecular weight excluding hydrogens is 262 g/mol. The summed E-state index contributed by atoms with van der Waals surface area (Å²) in [6.07, 6.45) is 2.83. The predicted octanol–water partition coefficient (Wildman–Crippen LogP) is 3.18. The maximum atomic E-state index is 5.88. The molecule has 5 heteroatoms. The summed E-state index contributed by atoms with van der Waals surface area (Å²) in [6, 6.07) is 6.19. The van der Waals surface area contributed by atoms with Crippen LogP contribution < -0.4 is 5.73 Å². The molecule has 2 N–H and O–H groups in total. The fourth-order valence-corrected chi connectivity index (χ4v) is 3.33. The van der Waals surface area contributed by atoms with Crippen LogP contribution in [0.2, 0.25) is 0 Å². The molecule has 96 valence electrons. The van der Waals surface area contributed by atoms with Crippen LogP contribution in [-0.4, -0.2) is 21.8 Å². The Labute approximate surface area is 116 Å². The molecule has 0 aliphatic carbocycles. The molecule has 2 heterocycles. The van der Waals surface area contributed by atoms with E-state index in [2.05, 4.69) is 22.3 Å². The summed E-state index contributed by atoms with van der Waals surface area (Å²) in [7, 11) is 0. The Bertz CT molecular complexity index is 470. The van der Waals surface area contributed by atoms with Gasteiger partial charge in [-0.15, -0.1) is 11.3 Å². The van der Waals surface area contributed by atoms with Gasteiger partial charge in [-0.25, -0.2) is 4.98 Å². The van der Waals surface area contributed by atoms with Gasteiger partial charge in [0.2, 0.25) is 0 Å². The predicted molar refractivity (Wildman–Crippen MR) is 79.8 cm³/mol. The molecule has 0 aromatic carbocycles. The van der Waals surface area contributed by atoms with E-state index in [4.69, 9.17) is 5.73 Å². The van der Waals surface area contributed by atoms with E-state index in [9.17, 15) is 0 Å². The van der Waals surface area contributed by atoms with Crippen LogP contribution in [0.3, 0.4) is 0 Å². The third kappa shape index (κ3) is 3.80. The number of rotatable bonds is 6. The van der Waals surface area contributed by atoms with Gasteiger partial charge in [-0.1, -0.05) is 13.0 Å². The smallest absolute Gasteiger partial charge is 0.142 e. The Morgan fingerprint density at radius 3 is 3.06 bits per heavy atom. The molecule has 0 aliphatic heterocycles. The van der Waals surface area contributed by atoms with Crippen molar-refractivity contribution in [1.29, 1.82) is 0 Å². The zero-order valence-corrected chi connectivity index (χ0v) is 12.0. The van der Waals surface area contributed by atoms with Crippen LogP contribution in [-0.2, 0) is 5.75 Å². The Balaban J connectivity index is 1.91. The van der Waals surface area contributed by atoms with Crippen molar-refractivity contribution in [2.75, 3.05) is 5.75 Å². The summed E-state index contributed by atoms with van der Waals surface area (Å²) in [5, 5.41) is 3.10. The van der Waals surface area contributed by atoms with Crippen molar-refractivity contribution in [1.82, 2.24) is 9.97 Å². The van der Waals surface area contributed by atoms with Crippen molar-refractivity contribution >= 4 is 23.1 Å². The van der Waals surface area contributed by atoms with Crippen molar-refractivity contribution < 1.29 is 0 Å². The molecule has 2 aromatic heterocycles. The van der Waals surface area contributed by atoms with E-state index in [0.29, 0.717) is 6.04 Å². The SMILES string of the molecule is CCC(N)CSCc1csc(-c2ccccn2)n1. The molecule has 0 amide bonds. The van der Waals surface area contributed by atoms with Gasteiger partial charge in [0.05, 0.1) is 11.4 Å². The van der Waals surface area contributed by atoms with Crippen LogP contribution in [0.25, 0.3) is 10.7 Å². The number of pyridine rings is 1. The van der Waals surface area contributed by atoms with Gasteiger partial charge in [-0.2, -0.15) is 11.8 Å². The summed E-state index contributed by atoms with van der Waals surface area (Å²) in [6.45, 7) is 2.12. The van der Waals surface area contributed by atoms with Crippen LogP contribution in [0.15, 0.2) is 29.8 Å². The lowest BCUT2D eigenvalue weighted by molar-refractivity contribution is 0.724. The first-order chi connectivity index (χ1) is 8.79. The number of hydrogen-bond donors (Lipinski definition) is 1. The average Bonchev–Trinajstić information content (AvgIpc) is 2.88. The molecular formula is C13H17N3S2. The van der Waals surface area contributed by atoms with E-state index in [0.717, 1.165) is 34.3 Å². The normalized spacial score (nSPS) is 12.6. The molecule has 0 saturated heterocycles. The van der Waals surface area contributed by atoms with Crippen molar-refractivity contribution in [3.63, 3.8) is 0 Å². The molecule has 0 saturated carbocycles. The van der Waals surface area contributed by atoms with Crippen molar-refractivity contribution in [2.24, 2.45) is 5.73 Å². The van der Waals surface area contributed by atoms with Crippen LogP contribution in [0.4, 0.5) is 0 Å². The lowest BCUT2D eigenvalue weighted by Crippen LogP contribution is -2.21. The number of nitrogens with zero attached hydrogens (tertiary/aromatic N) is 2. The van der Waals surface area contributed by atoms with Gasteiger partial charge in [0, 0.05) is 29.1 Å². The molecule has 0 aliphatic rings. The molecule has 2 aromatic rings. The summed E-state index contributed by atoms with van der Waals surface area (Å²) in [5.74, 6) is 1.92. The Hall–Kier alpha value is -0.910. The quantitative estimate of drug-likeness (QED) is 0.882. The third-order valence-corrected chi connectivity index (χ3v) is 4.62. The van der Waals surface area contributed by atoms with Gasteiger partial charge in [0.15, 0.2) is 0 Å². The topological polar surface area (TPSA) is 51.8 Å². The molecule has 3 nitrogen and oxygen atoms in total. The molecule has 2 rings (SSSR count). The summed E-state index contributed by atoms with van der Waals surface area (Å²) < 4.78 is 0. The van der Waals surface area contributed by atoms with Gasteiger partial charge >= 0.3 is 0 Å². The summed E-state index contributed by atoms with van der Waals surface area (Å²) >= 11 is 3.50. The molecule has 1 unspecified atom stereocenters. The largest absolute Gasteiger partial charge is 0.327 e. The summed E-state index contributed by atoms with van der Waals surface area (Å²) in [4.78, 5) is 8.90. The van der Waals surface area contributed by atoms with Crippen molar-refractivity contribution in [3.8, 4) is 10.7 Å². The minimum Gasteiger partial charge on any atom is -0.327 e. The fourth-order valence-electron chi connectivity index (χ4n) is 1.41. The van der Waals surface area contributed by atoms with E-state index in [-0.39, 0.29) is 0 Å². The highest BCUT2D eigenvalue weighted by Gasteiger charge is 2.06. The van der Waals surface area contributed by atoms with Gasteiger partial charge in [-0.05, 0) is 18.6 Å². The van der Waals surface area contributed by atoms with E-state index in [1.54, 1.807) is 17.5 Å². The lowest BCUT2D eigenvalue weighted by Gasteiger charge is -2.06. The Kier molecular flexibility index (Phi) is 5.16. The number of thioether (sulfide) groups is 1. The van der Waals surface area contributed by atoms with Crippen LogP contribution >= 0.6 is 23.1 Å². The highest BCUT2D eigenvalue weighted by atomic mass is 32.2. The molecule has 0 fully saturated rings. The average molecular weight is 279 g/mol. The zero-order valence-electron chi connectivity index (χ0n) is 10.4. The minimum atomic E-state index is 0.295. The molecule has 0 spiro atoms. The van der Waals surface area contributed by atoms with Crippen molar-refractivity contribution in [2.45, 2.75) is 25.1 Å². The molecule has 0 bridgehead atoms. The highest BCUT2D eigenvalue weighted by Crippen LogP contribution is 2.23. The van der Waals surface area contributed by atoms with E-state index in [1.165, 1.54) is 0 Å². The second kappa shape index (κ2) is 6.87. The van der Waals surface area contributed by atoms with Gasteiger partial charge in [-0.3, -0.25) is 4.98 Å². The maximum Gasteiger partial charge on any atom is 0.142 e. The monoisotopic (exact) mass is 279 g/mol. The first-order valence-electron chi connectivity index (χ1n) is 5.98. The standard InChI is InChI=1S/C13H17N3S2/c1-2-10(14)7-17-8-11-9-18-13(16-11)12-5-3-4-6-15-12/h3-6,9-10H,2,7-8,14H2,1H3. The first kappa shape index (κ1) is 13.5. The highest BCUT2D eigenvalue weighted by molar-refractivity contribution is 7.98. The number of hydrogen-bond acceptors (Lipinski definition) is 5. The lowest BCUT2D eigenvalue weighted by atomic mass is 10.3. The number of aromatic nitrogens is 2. The maximum absolute atomic E-state index is 5.88. The second-order valence-electron chi connectivity index (χ2n) is 4.04. The molecule has 18 heavy (non-hydrogen) atoms. The second-order valence-corrected chi connectivity index (χ2v) is 5.93. The Morgan fingerprint density at radius 2 is 2.33 bits per heavy atom.